The summed E-state index contributed by atoms with van der Waals surface area (Å²) in [6.45, 7) is 4.80. The van der Waals surface area contributed by atoms with Crippen molar-refractivity contribution >= 4 is 17.5 Å². The van der Waals surface area contributed by atoms with Crippen molar-refractivity contribution in [3.05, 3.63) is 59.3 Å². The molecule has 2 N–H and O–H groups in total. The van der Waals surface area contributed by atoms with E-state index in [1.165, 1.54) is 5.56 Å². The predicted molar refractivity (Wildman–Crippen MR) is 111 cm³/mol. The predicted octanol–water partition coefficient (Wildman–Crippen LogP) is 3.90. The van der Waals surface area contributed by atoms with Gasteiger partial charge in [-0.25, -0.2) is 0 Å². The van der Waals surface area contributed by atoms with Gasteiger partial charge in [-0.15, -0.1) is 5.10 Å². The number of aryl methyl sites for hydroxylation is 2. The third-order valence-corrected chi connectivity index (χ3v) is 4.37. The van der Waals surface area contributed by atoms with Crippen LogP contribution < -0.4 is 20.1 Å². The van der Waals surface area contributed by atoms with E-state index in [1.807, 2.05) is 25.1 Å². The molecule has 146 valence electrons. The molecule has 0 radical (unpaired) electrons. The zero-order valence-electron chi connectivity index (χ0n) is 16.6. The van der Waals surface area contributed by atoms with Crippen LogP contribution >= 0.6 is 0 Å². The Balaban J connectivity index is 1.61. The van der Waals surface area contributed by atoms with E-state index in [9.17, 15) is 0 Å². The van der Waals surface area contributed by atoms with E-state index in [1.54, 1.807) is 20.4 Å². The van der Waals surface area contributed by atoms with Crippen molar-refractivity contribution in [3.63, 3.8) is 0 Å². The van der Waals surface area contributed by atoms with Crippen molar-refractivity contribution in [3.8, 4) is 11.5 Å². The molecule has 0 aliphatic carbocycles. The Kier molecular flexibility index (Phi) is 6.26. The maximum atomic E-state index is 5.35. The Hall–Kier alpha value is -3.35. The van der Waals surface area contributed by atoms with Gasteiger partial charge in [-0.05, 0) is 55.2 Å². The third-order valence-electron chi connectivity index (χ3n) is 4.37. The lowest BCUT2D eigenvalue weighted by Gasteiger charge is -2.11. The highest BCUT2D eigenvalue weighted by atomic mass is 16.5. The van der Waals surface area contributed by atoms with Gasteiger partial charge in [0.25, 0.3) is 0 Å². The number of anilines is 3. The van der Waals surface area contributed by atoms with Gasteiger partial charge in [0.2, 0.25) is 5.95 Å². The summed E-state index contributed by atoms with van der Waals surface area (Å²) in [5.74, 6) is 2.58. The quantitative estimate of drug-likeness (QED) is 0.614. The number of ether oxygens (including phenoxy) is 2. The van der Waals surface area contributed by atoms with Crippen LogP contribution in [0.3, 0.4) is 0 Å². The zero-order chi connectivity index (χ0) is 19.9. The molecular formula is C21H25N5O2. The van der Waals surface area contributed by atoms with Gasteiger partial charge in [-0.3, -0.25) is 0 Å². The molecule has 1 aromatic heterocycles. The summed E-state index contributed by atoms with van der Waals surface area (Å²) in [4.78, 5) is 4.49. The van der Waals surface area contributed by atoms with Crippen LogP contribution in [-0.4, -0.2) is 35.9 Å². The molecule has 0 bridgehead atoms. The van der Waals surface area contributed by atoms with Gasteiger partial charge in [0, 0.05) is 12.2 Å². The second-order valence-corrected chi connectivity index (χ2v) is 6.47. The molecule has 3 rings (SSSR count). The Morgan fingerprint density at radius 3 is 2.57 bits per heavy atom. The standard InChI is InChI=1S/C21H25N5O2/c1-14-5-6-15(2)17(11-14)24-21-25-20(13-23-26-21)22-10-9-16-7-8-18(27-3)19(12-16)28-4/h5-8,11-13H,9-10H2,1-4H3,(H2,22,24,25,26). The van der Waals surface area contributed by atoms with E-state index < -0.39 is 0 Å². The van der Waals surface area contributed by atoms with Crippen molar-refractivity contribution < 1.29 is 9.47 Å². The molecule has 0 spiro atoms. The lowest BCUT2D eigenvalue weighted by atomic mass is 10.1. The molecule has 0 atom stereocenters. The van der Waals surface area contributed by atoms with Crippen molar-refractivity contribution in [2.24, 2.45) is 0 Å². The van der Waals surface area contributed by atoms with Crippen LogP contribution in [0.25, 0.3) is 0 Å². The highest BCUT2D eigenvalue weighted by Crippen LogP contribution is 2.27. The summed E-state index contributed by atoms with van der Waals surface area (Å²) < 4.78 is 10.6. The fourth-order valence-electron chi connectivity index (χ4n) is 2.80. The van der Waals surface area contributed by atoms with Crippen LogP contribution in [0.4, 0.5) is 17.5 Å². The molecule has 0 saturated carbocycles. The SMILES string of the molecule is COc1ccc(CCNc2cnnc(Nc3cc(C)ccc3C)n2)cc1OC. The number of rotatable bonds is 8. The Morgan fingerprint density at radius 1 is 0.964 bits per heavy atom. The first kappa shape index (κ1) is 19.4. The second kappa shape index (κ2) is 9.03. The van der Waals surface area contributed by atoms with Crippen molar-refractivity contribution in [1.29, 1.82) is 0 Å². The number of aromatic nitrogens is 3. The molecule has 0 fully saturated rings. The summed E-state index contributed by atoms with van der Waals surface area (Å²) in [6, 6.07) is 12.1. The van der Waals surface area contributed by atoms with Crippen molar-refractivity contribution in [2.75, 3.05) is 31.4 Å². The van der Waals surface area contributed by atoms with Crippen LogP contribution in [0, 0.1) is 13.8 Å². The van der Waals surface area contributed by atoms with E-state index in [-0.39, 0.29) is 0 Å². The van der Waals surface area contributed by atoms with E-state index in [4.69, 9.17) is 9.47 Å². The first-order chi connectivity index (χ1) is 13.6. The highest BCUT2D eigenvalue weighted by molar-refractivity contribution is 5.59. The van der Waals surface area contributed by atoms with Gasteiger partial charge in [0.15, 0.2) is 17.3 Å². The molecule has 0 saturated heterocycles. The zero-order valence-corrected chi connectivity index (χ0v) is 16.6. The van der Waals surface area contributed by atoms with Gasteiger partial charge in [-0.1, -0.05) is 18.2 Å². The summed E-state index contributed by atoms with van der Waals surface area (Å²) >= 11 is 0. The van der Waals surface area contributed by atoms with E-state index in [0.717, 1.165) is 34.7 Å². The molecule has 3 aromatic rings. The van der Waals surface area contributed by atoms with E-state index in [0.29, 0.717) is 18.3 Å². The van der Waals surface area contributed by atoms with Gasteiger partial charge >= 0.3 is 0 Å². The van der Waals surface area contributed by atoms with Gasteiger partial charge in [0.05, 0.1) is 20.4 Å². The van der Waals surface area contributed by atoms with Crippen molar-refractivity contribution in [2.45, 2.75) is 20.3 Å². The fourth-order valence-corrected chi connectivity index (χ4v) is 2.80. The normalized spacial score (nSPS) is 10.4. The average molecular weight is 379 g/mol. The smallest absolute Gasteiger partial charge is 0.249 e. The summed E-state index contributed by atoms with van der Waals surface area (Å²) in [5, 5.41) is 14.6. The Morgan fingerprint density at radius 2 is 1.79 bits per heavy atom. The van der Waals surface area contributed by atoms with Crippen LogP contribution in [0.2, 0.25) is 0 Å². The summed E-state index contributed by atoms with van der Waals surface area (Å²) in [7, 11) is 3.27. The number of hydrogen-bond acceptors (Lipinski definition) is 7. The molecular weight excluding hydrogens is 354 g/mol. The van der Waals surface area contributed by atoms with Crippen LogP contribution in [0.5, 0.6) is 11.5 Å². The lowest BCUT2D eigenvalue weighted by molar-refractivity contribution is 0.354. The molecule has 28 heavy (non-hydrogen) atoms. The first-order valence-electron chi connectivity index (χ1n) is 9.08. The fraction of sp³-hybridized carbons (Fsp3) is 0.286. The first-order valence-corrected chi connectivity index (χ1v) is 9.08. The third kappa shape index (κ3) is 4.88. The molecule has 7 heteroatoms. The number of methoxy groups -OCH3 is 2. The van der Waals surface area contributed by atoms with Gasteiger partial charge < -0.3 is 20.1 Å². The summed E-state index contributed by atoms with van der Waals surface area (Å²) in [5.41, 5.74) is 4.41. The topological polar surface area (TPSA) is 81.2 Å². The molecule has 0 unspecified atom stereocenters. The van der Waals surface area contributed by atoms with Crippen LogP contribution in [0.15, 0.2) is 42.6 Å². The van der Waals surface area contributed by atoms with Crippen LogP contribution in [-0.2, 0) is 6.42 Å². The minimum atomic E-state index is 0.463. The van der Waals surface area contributed by atoms with E-state index >= 15 is 0 Å². The van der Waals surface area contributed by atoms with Crippen molar-refractivity contribution in [1.82, 2.24) is 15.2 Å². The van der Waals surface area contributed by atoms with E-state index in [2.05, 4.69) is 50.9 Å². The molecule has 1 heterocycles. The maximum absolute atomic E-state index is 5.35. The second-order valence-electron chi connectivity index (χ2n) is 6.47. The summed E-state index contributed by atoms with van der Waals surface area (Å²) in [6.07, 6.45) is 2.42. The Labute approximate surface area is 165 Å². The minimum absolute atomic E-state index is 0.463. The molecule has 0 aliphatic rings. The van der Waals surface area contributed by atoms with Gasteiger partial charge in [0.1, 0.15) is 0 Å². The van der Waals surface area contributed by atoms with Gasteiger partial charge in [-0.2, -0.15) is 10.1 Å². The largest absolute Gasteiger partial charge is 0.493 e. The molecule has 7 nitrogen and oxygen atoms in total. The lowest BCUT2D eigenvalue weighted by Crippen LogP contribution is -2.09. The minimum Gasteiger partial charge on any atom is -0.493 e. The number of nitrogens with zero attached hydrogens (tertiary/aromatic N) is 3. The molecule has 0 aliphatic heterocycles. The maximum Gasteiger partial charge on any atom is 0.249 e. The number of hydrogen-bond donors (Lipinski definition) is 2. The number of benzene rings is 2. The number of nitrogens with one attached hydrogen (secondary N) is 2. The Bertz CT molecular complexity index is 946. The monoisotopic (exact) mass is 379 g/mol. The molecule has 2 aromatic carbocycles. The highest BCUT2D eigenvalue weighted by Gasteiger charge is 2.06. The molecule has 0 amide bonds. The van der Waals surface area contributed by atoms with Crippen LogP contribution in [0.1, 0.15) is 16.7 Å². The average Bonchev–Trinajstić information content (AvgIpc) is 2.71.